The van der Waals surface area contributed by atoms with Crippen molar-refractivity contribution < 1.29 is 23.9 Å². The van der Waals surface area contributed by atoms with Crippen molar-refractivity contribution in [1.29, 1.82) is 0 Å². The van der Waals surface area contributed by atoms with Crippen LogP contribution in [-0.4, -0.2) is 54.3 Å². The fourth-order valence-corrected chi connectivity index (χ4v) is 4.74. The van der Waals surface area contributed by atoms with Gasteiger partial charge in [0.25, 0.3) is 5.91 Å². The van der Waals surface area contributed by atoms with E-state index in [0.29, 0.717) is 22.2 Å². The summed E-state index contributed by atoms with van der Waals surface area (Å²) >= 11 is 0. The zero-order chi connectivity index (χ0) is 24.0. The molecule has 6 heteroatoms. The zero-order valence-corrected chi connectivity index (χ0v) is 19.4. The Morgan fingerprint density at radius 2 is 1.47 bits per heavy atom. The predicted molar refractivity (Wildman–Crippen MR) is 131 cm³/mol. The largest absolute Gasteiger partial charge is 0.457 e. The highest BCUT2D eigenvalue weighted by Crippen LogP contribution is 2.32. The second-order valence-electron chi connectivity index (χ2n) is 9.11. The first-order chi connectivity index (χ1) is 16.4. The second kappa shape index (κ2) is 10.2. The molecule has 0 spiro atoms. The van der Waals surface area contributed by atoms with Crippen molar-refractivity contribution in [3.63, 3.8) is 0 Å². The van der Waals surface area contributed by atoms with E-state index in [1.807, 2.05) is 49.5 Å². The number of nitrogens with zero attached hydrogens (tertiary/aromatic N) is 1. The van der Waals surface area contributed by atoms with E-state index in [-0.39, 0.29) is 18.6 Å². The van der Waals surface area contributed by atoms with Gasteiger partial charge in [0.05, 0.1) is 13.6 Å². The minimum Gasteiger partial charge on any atom is -0.457 e. The van der Waals surface area contributed by atoms with Crippen LogP contribution in [0, 0.1) is 0 Å². The SMILES string of the molecule is C[N+]1(CC(=O)Nc2ccccc2)CCC[C@@H]1COC(=O)C(O)(c1ccccc1)c1ccccc1. The lowest BCUT2D eigenvalue weighted by Crippen LogP contribution is -2.54. The minimum atomic E-state index is -1.91. The number of para-hydroxylation sites is 1. The number of carbonyl (C=O) groups excluding carboxylic acids is 2. The first kappa shape index (κ1) is 23.7. The fraction of sp³-hybridized carbons (Fsp3) is 0.286. The molecule has 0 aromatic heterocycles. The molecule has 0 bridgehead atoms. The molecule has 1 unspecified atom stereocenters. The third-order valence-corrected chi connectivity index (χ3v) is 6.74. The Balaban J connectivity index is 1.46. The molecule has 2 atom stereocenters. The quantitative estimate of drug-likeness (QED) is 0.398. The number of hydrogen-bond acceptors (Lipinski definition) is 4. The van der Waals surface area contributed by atoms with Gasteiger partial charge in [0.1, 0.15) is 12.6 Å². The lowest BCUT2D eigenvalue weighted by atomic mass is 9.86. The number of amides is 1. The average molecular weight is 460 g/mol. The van der Waals surface area contributed by atoms with Crippen molar-refractivity contribution in [2.45, 2.75) is 24.5 Å². The molecule has 1 amide bonds. The molecule has 0 aliphatic carbocycles. The van der Waals surface area contributed by atoms with Crippen molar-refractivity contribution in [2.75, 3.05) is 32.1 Å². The fourth-order valence-electron chi connectivity index (χ4n) is 4.74. The highest BCUT2D eigenvalue weighted by molar-refractivity contribution is 5.91. The molecule has 4 rings (SSSR count). The first-order valence-electron chi connectivity index (χ1n) is 11.6. The maximum absolute atomic E-state index is 13.3. The van der Waals surface area contributed by atoms with Crippen LogP contribution in [0.5, 0.6) is 0 Å². The summed E-state index contributed by atoms with van der Waals surface area (Å²) in [6, 6.07) is 27.0. The molecule has 1 aliphatic heterocycles. The van der Waals surface area contributed by atoms with Crippen LogP contribution in [0.25, 0.3) is 0 Å². The standard InChI is InChI=1S/C28H30N2O4/c1-30(20-26(31)29-24-16-9-4-10-17-24)19-11-18-25(30)21-34-27(32)28(33,22-12-5-2-6-13-22)23-14-7-3-8-15-23/h2-10,12-17,25,33H,11,18-21H2,1H3/p+1/t25-,30?/m1/s1. The molecule has 1 heterocycles. The summed E-state index contributed by atoms with van der Waals surface area (Å²) in [5.41, 5.74) is -0.235. The Hall–Kier alpha value is -3.48. The Labute approximate surface area is 200 Å². The molecular formula is C28H31N2O4+. The number of ether oxygens (including phenoxy) is 1. The number of likely N-dealkylation sites (tertiary alicyclic amines) is 1. The second-order valence-corrected chi connectivity index (χ2v) is 9.11. The number of quaternary nitrogens is 1. The van der Waals surface area contributed by atoms with Crippen LogP contribution in [0.4, 0.5) is 5.69 Å². The van der Waals surface area contributed by atoms with Gasteiger partial charge in [-0.05, 0) is 23.3 Å². The Kier molecular flexibility index (Phi) is 7.10. The Bertz CT molecular complexity index is 1070. The minimum absolute atomic E-state index is 0.0266. The van der Waals surface area contributed by atoms with E-state index in [1.54, 1.807) is 48.5 Å². The van der Waals surface area contributed by atoms with E-state index < -0.39 is 11.6 Å². The molecule has 1 fully saturated rings. The number of rotatable bonds is 8. The number of hydrogen-bond donors (Lipinski definition) is 2. The van der Waals surface area contributed by atoms with Gasteiger partial charge in [-0.2, -0.15) is 0 Å². The number of esters is 1. The highest BCUT2D eigenvalue weighted by atomic mass is 16.6. The maximum Gasteiger partial charge on any atom is 0.347 e. The molecule has 2 N–H and O–H groups in total. The van der Waals surface area contributed by atoms with Gasteiger partial charge >= 0.3 is 5.97 Å². The molecule has 176 valence electrons. The summed E-state index contributed by atoms with van der Waals surface area (Å²) in [5, 5.41) is 14.5. The first-order valence-corrected chi connectivity index (χ1v) is 11.6. The molecule has 0 saturated carbocycles. The lowest BCUT2D eigenvalue weighted by molar-refractivity contribution is -0.913. The van der Waals surface area contributed by atoms with Gasteiger partial charge in [0, 0.05) is 18.5 Å². The van der Waals surface area contributed by atoms with Gasteiger partial charge in [-0.15, -0.1) is 0 Å². The maximum atomic E-state index is 13.3. The zero-order valence-electron chi connectivity index (χ0n) is 19.4. The molecule has 6 nitrogen and oxygen atoms in total. The van der Waals surface area contributed by atoms with Crippen LogP contribution in [0.15, 0.2) is 91.0 Å². The Morgan fingerprint density at radius 3 is 2.03 bits per heavy atom. The van der Waals surface area contributed by atoms with Crippen LogP contribution in [-0.2, 0) is 19.9 Å². The summed E-state index contributed by atoms with van der Waals surface area (Å²) in [7, 11) is 2.02. The van der Waals surface area contributed by atoms with E-state index in [0.717, 1.165) is 25.1 Å². The summed E-state index contributed by atoms with van der Waals surface area (Å²) < 4.78 is 6.25. The Morgan fingerprint density at radius 1 is 0.941 bits per heavy atom. The van der Waals surface area contributed by atoms with Crippen LogP contribution < -0.4 is 5.32 Å². The summed E-state index contributed by atoms with van der Waals surface area (Å²) in [4.78, 5) is 26.1. The van der Waals surface area contributed by atoms with Crippen LogP contribution in [0.1, 0.15) is 24.0 Å². The summed E-state index contributed by atoms with van der Waals surface area (Å²) in [6.45, 7) is 1.25. The van der Waals surface area contributed by atoms with E-state index in [4.69, 9.17) is 4.74 Å². The molecule has 0 radical (unpaired) electrons. The molecular weight excluding hydrogens is 428 g/mol. The van der Waals surface area contributed by atoms with Crippen molar-refractivity contribution in [3.8, 4) is 0 Å². The third kappa shape index (κ3) is 5.03. The smallest absolute Gasteiger partial charge is 0.347 e. The number of benzene rings is 3. The highest BCUT2D eigenvalue weighted by Gasteiger charge is 2.45. The lowest BCUT2D eigenvalue weighted by Gasteiger charge is -2.36. The number of anilines is 1. The van der Waals surface area contributed by atoms with Gasteiger partial charge in [0.2, 0.25) is 5.60 Å². The third-order valence-electron chi connectivity index (χ3n) is 6.74. The van der Waals surface area contributed by atoms with Gasteiger partial charge in [-0.3, -0.25) is 4.79 Å². The van der Waals surface area contributed by atoms with Gasteiger partial charge in [0.15, 0.2) is 6.54 Å². The normalized spacial score (nSPS) is 20.0. The molecule has 3 aromatic carbocycles. The predicted octanol–water partition coefficient (Wildman–Crippen LogP) is 3.71. The van der Waals surface area contributed by atoms with E-state index >= 15 is 0 Å². The molecule has 1 saturated heterocycles. The molecule has 1 aliphatic rings. The van der Waals surface area contributed by atoms with E-state index in [9.17, 15) is 14.7 Å². The van der Waals surface area contributed by atoms with E-state index in [2.05, 4.69) is 5.32 Å². The van der Waals surface area contributed by atoms with Gasteiger partial charge in [-0.1, -0.05) is 78.9 Å². The number of aliphatic hydroxyl groups is 1. The van der Waals surface area contributed by atoms with Crippen molar-refractivity contribution in [2.24, 2.45) is 0 Å². The molecule has 34 heavy (non-hydrogen) atoms. The van der Waals surface area contributed by atoms with Gasteiger partial charge < -0.3 is 19.6 Å². The number of carbonyl (C=O) groups is 2. The van der Waals surface area contributed by atoms with Crippen LogP contribution in [0.3, 0.4) is 0 Å². The topological polar surface area (TPSA) is 75.6 Å². The van der Waals surface area contributed by atoms with Crippen LogP contribution >= 0.6 is 0 Å². The number of nitrogens with one attached hydrogen (secondary N) is 1. The van der Waals surface area contributed by atoms with Crippen molar-refractivity contribution in [1.82, 2.24) is 0 Å². The molecule has 3 aromatic rings. The van der Waals surface area contributed by atoms with Crippen LogP contribution in [0.2, 0.25) is 0 Å². The van der Waals surface area contributed by atoms with E-state index in [1.165, 1.54) is 0 Å². The monoisotopic (exact) mass is 459 g/mol. The van der Waals surface area contributed by atoms with Crippen molar-refractivity contribution >= 4 is 17.6 Å². The summed E-state index contributed by atoms with van der Waals surface area (Å²) in [6.07, 6.45) is 1.79. The number of likely N-dealkylation sites (N-methyl/N-ethyl adjacent to an activating group) is 1. The van der Waals surface area contributed by atoms with Gasteiger partial charge in [-0.25, -0.2) is 4.79 Å². The summed E-state index contributed by atoms with van der Waals surface area (Å²) in [5.74, 6) is -0.783. The van der Waals surface area contributed by atoms with Crippen molar-refractivity contribution in [3.05, 3.63) is 102 Å². The average Bonchev–Trinajstić information content (AvgIpc) is 3.23.